The van der Waals surface area contributed by atoms with Crippen LogP contribution in [0.4, 0.5) is 21.6 Å². The third kappa shape index (κ3) is 3.43. The molecule has 0 amide bonds. The SMILES string of the molecule is CCOc1cc2ncnc(Nc3ccc(F)c(Cl)c3)c2cc1[N+](=O)[O-]. The molecule has 128 valence electrons. The molecule has 1 N–H and O–H groups in total. The molecule has 25 heavy (non-hydrogen) atoms. The van der Waals surface area contributed by atoms with E-state index in [0.717, 1.165) is 0 Å². The molecule has 2 aromatic carbocycles. The second-order valence-corrected chi connectivity index (χ2v) is 5.41. The number of anilines is 2. The van der Waals surface area contributed by atoms with Crippen LogP contribution in [-0.2, 0) is 0 Å². The highest BCUT2D eigenvalue weighted by atomic mass is 35.5. The number of rotatable bonds is 5. The predicted molar refractivity (Wildman–Crippen MR) is 92.1 cm³/mol. The fourth-order valence-electron chi connectivity index (χ4n) is 2.30. The lowest BCUT2D eigenvalue weighted by molar-refractivity contribution is -0.385. The normalized spacial score (nSPS) is 10.7. The minimum atomic E-state index is -0.545. The van der Waals surface area contributed by atoms with Crippen LogP contribution in [0.5, 0.6) is 5.75 Å². The van der Waals surface area contributed by atoms with Crippen molar-refractivity contribution in [1.82, 2.24) is 9.97 Å². The first-order chi connectivity index (χ1) is 12.0. The van der Waals surface area contributed by atoms with Crippen molar-refractivity contribution in [3.05, 3.63) is 57.6 Å². The lowest BCUT2D eigenvalue weighted by Crippen LogP contribution is -2.00. The number of nitro benzene ring substituents is 1. The van der Waals surface area contributed by atoms with E-state index in [1.54, 1.807) is 6.92 Å². The summed E-state index contributed by atoms with van der Waals surface area (Å²) in [5.74, 6) is -0.0787. The van der Waals surface area contributed by atoms with Crippen molar-refractivity contribution >= 4 is 39.7 Å². The zero-order valence-corrected chi connectivity index (χ0v) is 13.7. The molecule has 0 unspecified atom stereocenters. The zero-order valence-electron chi connectivity index (χ0n) is 13.0. The first kappa shape index (κ1) is 16.8. The summed E-state index contributed by atoms with van der Waals surface area (Å²) in [6.07, 6.45) is 1.32. The fraction of sp³-hybridized carbons (Fsp3) is 0.125. The van der Waals surface area contributed by atoms with Gasteiger partial charge in [-0.1, -0.05) is 11.6 Å². The van der Waals surface area contributed by atoms with Gasteiger partial charge >= 0.3 is 5.69 Å². The predicted octanol–water partition coefficient (Wildman–Crippen LogP) is 4.47. The molecule has 1 aromatic heterocycles. The number of ether oxygens (including phenoxy) is 1. The third-order valence-electron chi connectivity index (χ3n) is 3.39. The van der Waals surface area contributed by atoms with Crippen LogP contribution >= 0.6 is 11.6 Å². The molecule has 0 fully saturated rings. The third-order valence-corrected chi connectivity index (χ3v) is 3.68. The molecule has 1 heterocycles. The largest absolute Gasteiger partial charge is 0.487 e. The summed E-state index contributed by atoms with van der Waals surface area (Å²) >= 11 is 5.77. The Hall–Kier alpha value is -3.00. The van der Waals surface area contributed by atoms with E-state index in [9.17, 15) is 14.5 Å². The molecule has 3 aromatic rings. The van der Waals surface area contributed by atoms with Crippen LogP contribution in [0.1, 0.15) is 6.92 Å². The standard InChI is InChI=1S/C16H12ClFN4O3/c1-2-25-15-7-13-10(6-14(15)22(23)24)16(20-8-19-13)21-9-3-4-12(18)11(17)5-9/h3-8H,2H2,1H3,(H,19,20,21). The van der Waals surface area contributed by atoms with E-state index in [1.807, 2.05) is 0 Å². The molecule has 0 aliphatic rings. The monoisotopic (exact) mass is 362 g/mol. The van der Waals surface area contributed by atoms with Gasteiger partial charge in [0.2, 0.25) is 0 Å². The van der Waals surface area contributed by atoms with Gasteiger partial charge < -0.3 is 10.1 Å². The van der Waals surface area contributed by atoms with Crippen molar-refractivity contribution < 1.29 is 14.1 Å². The average Bonchev–Trinajstić information content (AvgIpc) is 2.58. The number of nitrogens with one attached hydrogen (secondary N) is 1. The summed E-state index contributed by atoms with van der Waals surface area (Å²) < 4.78 is 18.6. The highest BCUT2D eigenvalue weighted by Gasteiger charge is 2.19. The quantitative estimate of drug-likeness (QED) is 0.532. The maximum atomic E-state index is 13.3. The van der Waals surface area contributed by atoms with Crippen molar-refractivity contribution in [1.29, 1.82) is 0 Å². The minimum absolute atomic E-state index is 0.0482. The first-order valence-electron chi connectivity index (χ1n) is 7.27. The number of hydrogen-bond acceptors (Lipinski definition) is 6. The molecule has 0 aliphatic heterocycles. The molecular weight excluding hydrogens is 351 g/mol. The van der Waals surface area contributed by atoms with E-state index in [0.29, 0.717) is 22.4 Å². The van der Waals surface area contributed by atoms with Crippen molar-refractivity contribution in [2.24, 2.45) is 0 Å². The average molecular weight is 363 g/mol. The Balaban J connectivity index is 2.10. The summed E-state index contributed by atoms with van der Waals surface area (Å²) in [6, 6.07) is 6.92. The van der Waals surface area contributed by atoms with Gasteiger partial charge in [-0.15, -0.1) is 0 Å². The van der Waals surface area contributed by atoms with Gasteiger partial charge in [0.1, 0.15) is 18.0 Å². The Morgan fingerprint density at radius 1 is 1.32 bits per heavy atom. The number of halogens is 2. The van der Waals surface area contributed by atoms with E-state index >= 15 is 0 Å². The van der Waals surface area contributed by atoms with E-state index in [2.05, 4.69) is 15.3 Å². The molecular formula is C16H12ClFN4O3. The van der Waals surface area contributed by atoms with Crippen molar-refractivity contribution in [3.8, 4) is 5.75 Å². The number of fused-ring (bicyclic) bond motifs is 1. The van der Waals surface area contributed by atoms with Crippen molar-refractivity contribution in [3.63, 3.8) is 0 Å². The van der Waals surface area contributed by atoms with Crippen LogP contribution in [0.25, 0.3) is 10.9 Å². The lowest BCUT2D eigenvalue weighted by Gasteiger charge is -2.10. The smallest absolute Gasteiger partial charge is 0.311 e. The van der Waals surface area contributed by atoms with Gasteiger partial charge in [-0.2, -0.15) is 0 Å². The van der Waals surface area contributed by atoms with Gasteiger partial charge in [-0.3, -0.25) is 10.1 Å². The molecule has 0 aliphatic carbocycles. The Morgan fingerprint density at radius 3 is 2.80 bits per heavy atom. The Kier molecular flexibility index (Phi) is 4.62. The maximum absolute atomic E-state index is 13.3. The summed E-state index contributed by atoms with van der Waals surface area (Å²) in [6.45, 7) is 2.02. The Morgan fingerprint density at radius 2 is 2.12 bits per heavy atom. The molecule has 0 saturated heterocycles. The van der Waals surface area contributed by atoms with Crippen LogP contribution in [0.2, 0.25) is 5.02 Å². The highest BCUT2D eigenvalue weighted by molar-refractivity contribution is 6.31. The molecule has 0 radical (unpaired) electrons. The van der Waals surface area contributed by atoms with Gasteiger partial charge in [-0.25, -0.2) is 14.4 Å². The van der Waals surface area contributed by atoms with Crippen molar-refractivity contribution in [2.75, 3.05) is 11.9 Å². The maximum Gasteiger partial charge on any atom is 0.311 e. The first-order valence-corrected chi connectivity index (χ1v) is 7.65. The van der Waals surface area contributed by atoms with Crippen LogP contribution in [0.3, 0.4) is 0 Å². The second-order valence-electron chi connectivity index (χ2n) is 5.00. The number of nitrogens with zero attached hydrogens (tertiary/aromatic N) is 3. The molecule has 9 heteroatoms. The van der Waals surface area contributed by atoms with Gasteiger partial charge in [0.25, 0.3) is 0 Å². The second kappa shape index (κ2) is 6.86. The minimum Gasteiger partial charge on any atom is -0.487 e. The highest BCUT2D eigenvalue weighted by Crippen LogP contribution is 2.34. The van der Waals surface area contributed by atoms with Crippen LogP contribution in [0, 0.1) is 15.9 Å². The summed E-state index contributed by atoms with van der Waals surface area (Å²) in [5.41, 5.74) is 0.770. The van der Waals surface area contributed by atoms with Crippen LogP contribution < -0.4 is 10.1 Å². The van der Waals surface area contributed by atoms with E-state index in [1.165, 1.54) is 36.7 Å². The van der Waals surface area contributed by atoms with Crippen LogP contribution in [-0.4, -0.2) is 21.5 Å². The number of benzene rings is 2. The van der Waals surface area contributed by atoms with Gasteiger partial charge in [0.15, 0.2) is 5.75 Å². The molecule has 7 nitrogen and oxygen atoms in total. The summed E-state index contributed by atoms with van der Waals surface area (Å²) in [7, 11) is 0. The number of aromatic nitrogens is 2. The molecule has 0 bridgehead atoms. The summed E-state index contributed by atoms with van der Waals surface area (Å²) in [4.78, 5) is 19.0. The van der Waals surface area contributed by atoms with Crippen molar-refractivity contribution in [2.45, 2.75) is 6.92 Å². The molecule has 0 atom stereocenters. The van der Waals surface area contributed by atoms with E-state index in [-0.39, 0.29) is 23.1 Å². The fourth-order valence-corrected chi connectivity index (χ4v) is 2.48. The summed E-state index contributed by atoms with van der Waals surface area (Å²) in [5, 5.41) is 14.6. The van der Waals surface area contributed by atoms with Gasteiger partial charge in [0.05, 0.1) is 27.5 Å². The van der Waals surface area contributed by atoms with Crippen LogP contribution in [0.15, 0.2) is 36.7 Å². The topological polar surface area (TPSA) is 90.2 Å². The number of nitro groups is 1. The Labute approximate surface area is 146 Å². The van der Waals surface area contributed by atoms with Gasteiger partial charge in [0, 0.05) is 17.8 Å². The molecule has 3 rings (SSSR count). The Bertz CT molecular complexity index is 968. The number of hydrogen-bond donors (Lipinski definition) is 1. The zero-order chi connectivity index (χ0) is 18.0. The van der Waals surface area contributed by atoms with E-state index < -0.39 is 10.7 Å². The molecule has 0 saturated carbocycles. The molecule has 0 spiro atoms. The van der Waals surface area contributed by atoms with E-state index in [4.69, 9.17) is 16.3 Å². The van der Waals surface area contributed by atoms with Gasteiger partial charge in [-0.05, 0) is 25.1 Å². The lowest BCUT2D eigenvalue weighted by atomic mass is 10.2.